The SMILES string of the molecule is O=C(NCCCN1CCN(c2cccc(C(F)(F)F)c2)CC1)C1CCCC(C(F)(F)F)C1. The molecule has 180 valence electrons. The molecule has 0 radical (unpaired) electrons. The summed E-state index contributed by atoms with van der Waals surface area (Å²) in [4.78, 5) is 16.3. The molecule has 1 aromatic rings. The van der Waals surface area contributed by atoms with Gasteiger partial charge < -0.3 is 10.2 Å². The Morgan fingerprint density at radius 3 is 2.41 bits per heavy atom. The van der Waals surface area contributed by atoms with E-state index in [0.717, 1.165) is 6.07 Å². The number of alkyl halides is 6. The van der Waals surface area contributed by atoms with E-state index in [4.69, 9.17) is 0 Å². The van der Waals surface area contributed by atoms with Crippen molar-refractivity contribution in [2.24, 2.45) is 11.8 Å². The highest BCUT2D eigenvalue weighted by Crippen LogP contribution is 2.40. The Labute approximate surface area is 183 Å². The fourth-order valence-corrected chi connectivity index (χ4v) is 4.49. The second-order valence-electron chi connectivity index (χ2n) is 8.62. The van der Waals surface area contributed by atoms with E-state index in [1.807, 2.05) is 4.90 Å². The summed E-state index contributed by atoms with van der Waals surface area (Å²) in [6, 6.07) is 5.32. The van der Waals surface area contributed by atoms with Crippen molar-refractivity contribution in [3.63, 3.8) is 0 Å². The van der Waals surface area contributed by atoms with E-state index >= 15 is 0 Å². The molecule has 10 heteroatoms. The summed E-state index contributed by atoms with van der Waals surface area (Å²) in [7, 11) is 0. The van der Waals surface area contributed by atoms with Gasteiger partial charge in [0.2, 0.25) is 5.91 Å². The highest BCUT2D eigenvalue weighted by Gasteiger charge is 2.43. The van der Waals surface area contributed by atoms with Crippen LogP contribution in [0.3, 0.4) is 0 Å². The third kappa shape index (κ3) is 6.76. The third-order valence-corrected chi connectivity index (χ3v) is 6.37. The first-order chi connectivity index (χ1) is 15.0. The maximum atomic E-state index is 12.9. The summed E-state index contributed by atoms with van der Waals surface area (Å²) in [6.07, 6.45) is -7.06. The van der Waals surface area contributed by atoms with Crippen LogP contribution in [0.2, 0.25) is 0 Å². The number of carbonyl (C=O) groups is 1. The van der Waals surface area contributed by atoms with Crippen LogP contribution in [0.1, 0.15) is 37.7 Å². The molecule has 32 heavy (non-hydrogen) atoms. The van der Waals surface area contributed by atoms with E-state index in [1.54, 1.807) is 6.07 Å². The number of rotatable bonds is 6. The van der Waals surface area contributed by atoms with Gasteiger partial charge in [0.1, 0.15) is 0 Å². The number of hydrogen-bond acceptors (Lipinski definition) is 3. The molecular formula is C22H29F6N3O. The highest BCUT2D eigenvalue weighted by atomic mass is 19.4. The molecule has 1 saturated heterocycles. The zero-order valence-corrected chi connectivity index (χ0v) is 17.8. The van der Waals surface area contributed by atoms with Crippen LogP contribution in [0, 0.1) is 11.8 Å². The van der Waals surface area contributed by atoms with Crippen LogP contribution in [0.15, 0.2) is 24.3 Å². The minimum Gasteiger partial charge on any atom is -0.369 e. The van der Waals surface area contributed by atoms with Crippen molar-refractivity contribution in [2.75, 3.05) is 44.2 Å². The molecule has 2 fully saturated rings. The van der Waals surface area contributed by atoms with Gasteiger partial charge in [-0.25, -0.2) is 0 Å². The third-order valence-electron chi connectivity index (χ3n) is 6.37. The number of halogens is 6. The molecule has 3 rings (SSSR count). The predicted octanol–water partition coefficient (Wildman–Crippen LogP) is 4.70. The molecule has 4 nitrogen and oxygen atoms in total. The van der Waals surface area contributed by atoms with Gasteiger partial charge in [0.25, 0.3) is 0 Å². The Balaban J connectivity index is 1.36. The van der Waals surface area contributed by atoms with Crippen molar-refractivity contribution >= 4 is 11.6 Å². The van der Waals surface area contributed by atoms with Gasteiger partial charge in [0.05, 0.1) is 11.5 Å². The van der Waals surface area contributed by atoms with Crippen molar-refractivity contribution in [2.45, 2.75) is 44.5 Å². The Bertz CT molecular complexity index is 759. The lowest BCUT2D eigenvalue weighted by Gasteiger charge is -2.36. The fraction of sp³-hybridized carbons (Fsp3) is 0.682. The van der Waals surface area contributed by atoms with Gasteiger partial charge in [-0.15, -0.1) is 0 Å². The van der Waals surface area contributed by atoms with E-state index in [0.29, 0.717) is 64.2 Å². The van der Waals surface area contributed by atoms with Crippen LogP contribution in [0.4, 0.5) is 32.0 Å². The molecule has 1 aromatic carbocycles. The van der Waals surface area contributed by atoms with Crippen LogP contribution < -0.4 is 10.2 Å². The van der Waals surface area contributed by atoms with Gasteiger partial charge >= 0.3 is 12.4 Å². The lowest BCUT2D eigenvalue weighted by atomic mass is 9.80. The Kier molecular flexibility index (Phi) is 7.95. The number of anilines is 1. The molecule has 2 atom stereocenters. The summed E-state index contributed by atoms with van der Waals surface area (Å²) in [5, 5.41) is 2.77. The lowest BCUT2D eigenvalue weighted by molar-refractivity contribution is -0.186. The maximum Gasteiger partial charge on any atom is 0.416 e. The zero-order valence-electron chi connectivity index (χ0n) is 17.8. The van der Waals surface area contributed by atoms with E-state index in [2.05, 4.69) is 10.2 Å². The van der Waals surface area contributed by atoms with E-state index in [-0.39, 0.29) is 18.7 Å². The fourth-order valence-electron chi connectivity index (χ4n) is 4.49. The molecule has 1 amide bonds. The van der Waals surface area contributed by atoms with Gasteiger partial charge in [0.15, 0.2) is 0 Å². The largest absolute Gasteiger partial charge is 0.416 e. The highest BCUT2D eigenvalue weighted by molar-refractivity contribution is 5.78. The molecule has 2 unspecified atom stereocenters. The Morgan fingerprint density at radius 1 is 1.03 bits per heavy atom. The first kappa shape index (κ1) is 24.7. The molecule has 0 aromatic heterocycles. The van der Waals surface area contributed by atoms with Crippen molar-refractivity contribution < 1.29 is 31.1 Å². The second-order valence-corrected chi connectivity index (χ2v) is 8.62. The summed E-state index contributed by atoms with van der Waals surface area (Å²) in [6.45, 7) is 3.72. The molecule has 1 aliphatic carbocycles. The number of nitrogens with one attached hydrogen (secondary N) is 1. The van der Waals surface area contributed by atoms with Crippen LogP contribution in [0.25, 0.3) is 0 Å². The van der Waals surface area contributed by atoms with Crippen LogP contribution >= 0.6 is 0 Å². The van der Waals surface area contributed by atoms with Gasteiger partial charge in [-0.2, -0.15) is 26.3 Å². The van der Waals surface area contributed by atoms with Crippen LogP contribution in [0.5, 0.6) is 0 Å². The minimum absolute atomic E-state index is 0.0970. The predicted molar refractivity (Wildman–Crippen MR) is 109 cm³/mol. The number of benzene rings is 1. The number of carbonyl (C=O) groups excluding carboxylic acids is 1. The van der Waals surface area contributed by atoms with Gasteiger partial charge in [-0.05, 0) is 50.4 Å². The average Bonchev–Trinajstić information content (AvgIpc) is 2.76. The lowest BCUT2D eigenvalue weighted by Crippen LogP contribution is -2.47. The minimum atomic E-state index is -4.37. The monoisotopic (exact) mass is 465 g/mol. The van der Waals surface area contributed by atoms with Gasteiger partial charge in [-0.1, -0.05) is 12.5 Å². The standard InChI is InChI=1S/C22H29F6N3O/c23-21(24,25)17-5-1-4-16(14-17)20(32)29-8-3-9-30-10-12-31(13-11-30)19-7-2-6-18(15-19)22(26,27)28/h2,6-7,15-17H,1,3-5,8-14H2,(H,29,32). The number of hydrogen-bond donors (Lipinski definition) is 1. The molecule has 0 spiro atoms. The van der Waals surface area contributed by atoms with E-state index in [1.165, 1.54) is 12.1 Å². The number of piperazine rings is 1. The average molecular weight is 465 g/mol. The summed E-state index contributed by atoms with van der Waals surface area (Å²) < 4.78 is 77.5. The van der Waals surface area contributed by atoms with E-state index in [9.17, 15) is 31.1 Å². The number of amides is 1. The molecule has 0 bridgehead atoms. The summed E-state index contributed by atoms with van der Waals surface area (Å²) in [5.74, 6) is -2.26. The second kappa shape index (κ2) is 10.3. The van der Waals surface area contributed by atoms with Crippen molar-refractivity contribution in [3.05, 3.63) is 29.8 Å². The molecule has 1 aliphatic heterocycles. The molecular weight excluding hydrogens is 436 g/mol. The first-order valence-electron chi connectivity index (χ1n) is 11.0. The van der Waals surface area contributed by atoms with Gasteiger partial charge in [0, 0.05) is 44.3 Å². The molecule has 2 aliphatic rings. The Morgan fingerprint density at radius 2 is 1.75 bits per heavy atom. The summed E-state index contributed by atoms with van der Waals surface area (Å²) in [5.41, 5.74) is -0.107. The Hall–Kier alpha value is -1.97. The van der Waals surface area contributed by atoms with Crippen molar-refractivity contribution in [1.82, 2.24) is 10.2 Å². The van der Waals surface area contributed by atoms with Crippen LogP contribution in [-0.2, 0) is 11.0 Å². The van der Waals surface area contributed by atoms with E-state index < -0.39 is 29.8 Å². The number of nitrogens with zero attached hydrogens (tertiary/aromatic N) is 2. The molecule has 1 saturated carbocycles. The van der Waals surface area contributed by atoms with Crippen LogP contribution in [-0.4, -0.2) is 56.3 Å². The maximum absolute atomic E-state index is 12.9. The molecule has 1 N–H and O–H groups in total. The first-order valence-corrected chi connectivity index (χ1v) is 11.0. The summed E-state index contributed by atoms with van der Waals surface area (Å²) >= 11 is 0. The van der Waals surface area contributed by atoms with Gasteiger partial charge in [-0.3, -0.25) is 9.69 Å². The smallest absolute Gasteiger partial charge is 0.369 e. The normalized spacial score (nSPS) is 23.2. The topological polar surface area (TPSA) is 35.6 Å². The zero-order chi connectivity index (χ0) is 23.4. The quantitative estimate of drug-likeness (QED) is 0.489. The molecule has 1 heterocycles. The van der Waals surface area contributed by atoms with Crippen molar-refractivity contribution in [3.8, 4) is 0 Å². The van der Waals surface area contributed by atoms with Crippen molar-refractivity contribution in [1.29, 1.82) is 0 Å².